The number of carbonyl (C=O) groups excluding carboxylic acids is 1. The molecule has 3 N–H and O–H groups in total. The van der Waals surface area contributed by atoms with E-state index in [4.69, 9.17) is 10.5 Å². The maximum atomic E-state index is 11.9. The first-order valence-corrected chi connectivity index (χ1v) is 6.63. The van der Waals surface area contributed by atoms with E-state index >= 15 is 0 Å². The zero-order chi connectivity index (χ0) is 13.7. The van der Waals surface area contributed by atoms with Crippen molar-refractivity contribution >= 4 is 27.5 Å². The molecule has 18 heavy (non-hydrogen) atoms. The highest BCUT2D eigenvalue weighted by Gasteiger charge is 2.16. The molecular weight excluding hydrogens is 296 g/mol. The van der Waals surface area contributed by atoms with Gasteiger partial charge in [-0.2, -0.15) is 0 Å². The van der Waals surface area contributed by atoms with Crippen LogP contribution in [0.15, 0.2) is 22.7 Å². The van der Waals surface area contributed by atoms with Gasteiger partial charge in [0.15, 0.2) is 0 Å². The molecule has 4 nitrogen and oxygen atoms in total. The van der Waals surface area contributed by atoms with E-state index in [1.807, 2.05) is 26.0 Å². The molecule has 0 aliphatic carbocycles. The lowest BCUT2D eigenvalue weighted by molar-refractivity contribution is -0.117. The van der Waals surface area contributed by atoms with Crippen LogP contribution in [-0.4, -0.2) is 19.1 Å². The van der Waals surface area contributed by atoms with Crippen LogP contribution in [-0.2, 0) is 4.79 Å². The van der Waals surface area contributed by atoms with Gasteiger partial charge in [0.1, 0.15) is 5.75 Å². The minimum absolute atomic E-state index is 0.183. The molecule has 0 aliphatic heterocycles. The van der Waals surface area contributed by atoms with E-state index in [1.165, 1.54) is 0 Å². The van der Waals surface area contributed by atoms with E-state index in [1.54, 1.807) is 13.2 Å². The Morgan fingerprint density at radius 2 is 2.17 bits per heavy atom. The first-order valence-electron chi connectivity index (χ1n) is 5.84. The fraction of sp³-hybridized carbons (Fsp3) is 0.462. The highest BCUT2D eigenvalue weighted by Crippen LogP contribution is 2.27. The normalized spacial score (nSPS) is 12.3. The topological polar surface area (TPSA) is 64.3 Å². The molecule has 1 aromatic carbocycles. The van der Waals surface area contributed by atoms with E-state index in [0.29, 0.717) is 23.8 Å². The molecule has 0 saturated carbocycles. The molecule has 5 heteroatoms. The van der Waals surface area contributed by atoms with Crippen molar-refractivity contribution in [3.8, 4) is 5.75 Å². The molecule has 0 heterocycles. The molecule has 0 spiro atoms. The molecule has 1 aromatic rings. The van der Waals surface area contributed by atoms with Gasteiger partial charge >= 0.3 is 0 Å². The second kappa shape index (κ2) is 6.75. The molecule has 100 valence electrons. The number of anilines is 1. The molecule has 0 bridgehead atoms. The number of hydrogen-bond acceptors (Lipinski definition) is 3. The largest absolute Gasteiger partial charge is 0.497 e. The molecule has 0 unspecified atom stereocenters. The lowest BCUT2D eigenvalue weighted by Crippen LogP contribution is -2.36. The predicted molar refractivity (Wildman–Crippen MR) is 76.8 cm³/mol. The number of nitrogens with two attached hydrogens (primary N) is 1. The Hall–Kier alpha value is -1.07. The standard InChI is InChI=1S/C13H19BrN2O2/c1-8(2)6-11(15)13(17)16-12-7-9(18-3)4-5-10(12)14/h4-5,7-8,11H,6,15H2,1-3H3,(H,16,17)/t11-/m0/s1. The third-order valence-corrected chi connectivity index (χ3v) is 3.19. The maximum Gasteiger partial charge on any atom is 0.241 e. The Morgan fingerprint density at radius 3 is 2.72 bits per heavy atom. The summed E-state index contributed by atoms with van der Waals surface area (Å²) in [5.74, 6) is 0.892. The highest BCUT2D eigenvalue weighted by molar-refractivity contribution is 9.10. The minimum atomic E-state index is -0.497. The number of halogens is 1. The molecule has 0 fully saturated rings. The Morgan fingerprint density at radius 1 is 1.50 bits per heavy atom. The van der Waals surface area contributed by atoms with Gasteiger partial charge in [-0.15, -0.1) is 0 Å². The molecule has 0 saturated heterocycles. The van der Waals surface area contributed by atoms with Crippen molar-refractivity contribution in [3.63, 3.8) is 0 Å². The van der Waals surface area contributed by atoms with Gasteiger partial charge in [0.2, 0.25) is 5.91 Å². The maximum absolute atomic E-state index is 11.9. The Balaban J connectivity index is 2.74. The van der Waals surface area contributed by atoms with Gasteiger partial charge in [-0.3, -0.25) is 4.79 Å². The first kappa shape index (κ1) is 15.0. The summed E-state index contributed by atoms with van der Waals surface area (Å²) in [4.78, 5) is 11.9. The molecule has 1 atom stereocenters. The van der Waals surface area contributed by atoms with Crippen molar-refractivity contribution in [2.45, 2.75) is 26.3 Å². The van der Waals surface area contributed by atoms with Gasteiger partial charge in [0, 0.05) is 10.5 Å². The van der Waals surface area contributed by atoms with Crippen LogP contribution in [0.25, 0.3) is 0 Å². The molecule has 1 amide bonds. The molecule has 0 radical (unpaired) electrons. The third kappa shape index (κ3) is 4.31. The summed E-state index contributed by atoms with van der Waals surface area (Å²) in [7, 11) is 1.58. The van der Waals surface area contributed by atoms with Crippen LogP contribution < -0.4 is 15.8 Å². The van der Waals surface area contributed by atoms with Crippen molar-refractivity contribution in [2.75, 3.05) is 12.4 Å². The fourth-order valence-electron chi connectivity index (χ4n) is 1.57. The van der Waals surface area contributed by atoms with Crippen molar-refractivity contribution in [1.29, 1.82) is 0 Å². The molecular formula is C13H19BrN2O2. The van der Waals surface area contributed by atoms with Gasteiger partial charge in [0.25, 0.3) is 0 Å². The Kier molecular flexibility index (Phi) is 5.62. The number of methoxy groups -OCH3 is 1. The number of benzene rings is 1. The van der Waals surface area contributed by atoms with E-state index in [-0.39, 0.29) is 5.91 Å². The van der Waals surface area contributed by atoms with E-state index < -0.39 is 6.04 Å². The first-order chi connectivity index (χ1) is 8.43. The summed E-state index contributed by atoms with van der Waals surface area (Å²) in [5.41, 5.74) is 6.49. The monoisotopic (exact) mass is 314 g/mol. The predicted octanol–water partition coefficient (Wildman–Crippen LogP) is 2.77. The molecule has 1 rings (SSSR count). The van der Waals surface area contributed by atoms with Crippen molar-refractivity contribution in [2.24, 2.45) is 11.7 Å². The zero-order valence-corrected chi connectivity index (χ0v) is 12.5. The smallest absolute Gasteiger partial charge is 0.241 e. The summed E-state index contributed by atoms with van der Waals surface area (Å²) in [6, 6.07) is 4.89. The number of carbonyl (C=O) groups is 1. The minimum Gasteiger partial charge on any atom is -0.497 e. The molecule has 0 aromatic heterocycles. The van der Waals surface area contributed by atoms with Crippen LogP contribution in [0, 0.1) is 5.92 Å². The van der Waals surface area contributed by atoms with Gasteiger partial charge in [-0.25, -0.2) is 0 Å². The lowest BCUT2D eigenvalue weighted by Gasteiger charge is -2.15. The van der Waals surface area contributed by atoms with Gasteiger partial charge in [-0.05, 0) is 40.4 Å². The van der Waals surface area contributed by atoms with Crippen LogP contribution in [0.3, 0.4) is 0 Å². The summed E-state index contributed by atoms with van der Waals surface area (Å²) in [5, 5.41) is 2.80. The third-order valence-electron chi connectivity index (χ3n) is 2.49. The highest BCUT2D eigenvalue weighted by atomic mass is 79.9. The lowest BCUT2D eigenvalue weighted by atomic mass is 10.0. The number of hydrogen-bond donors (Lipinski definition) is 2. The fourth-order valence-corrected chi connectivity index (χ4v) is 1.91. The number of nitrogens with one attached hydrogen (secondary N) is 1. The Bertz CT molecular complexity index is 421. The summed E-state index contributed by atoms with van der Waals surface area (Å²) >= 11 is 3.38. The second-order valence-corrected chi connectivity index (χ2v) is 5.43. The van der Waals surface area contributed by atoms with E-state index in [9.17, 15) is 4.79 Å². The number of rotatable bonds is 5. The van der Waals surface area contributed by atoms with Crippen LogP contribution in [0.1, 0.15) is 20.3 Å². The number of ether oxygens (including phenoxy) is 1. The second-order valence-electron chi connectivity index (χ2n) is 4.57. The average molecular weight is 315 g/mol. The van der Waals surface area contributed by atoms with Crippen molar-refractivity contribution < 1.29 is 9.53 Å². The zero-order valence-electron chi connectivity index (χ0n) is 10.9. The Labute approximate surface area is 116 Å². The van der Waals surface area contributed by atoms with Crippen LogP contribution in [0.4, 0.5) is 5.69 Å². The summed E-state index contributed by atoms with van der Waals surface area (Å²) in [6.07, 6.45) is 0.660. The van der Waals surface area contributed by atoms with E-state index in [2.05, 4.69) is 21.2 Å². The van der Waals surface area contributed by atoms with Crippen LogP contribution >= 0.6 is 15.9 Å². The van der Waals surface area contributed by atoms with Gasteiger partial charge in [0.05, 0.1) is 18.8 Å². The van der Waals surface area contributed by atoms with Crippen LogP contribution in [0.5, 0.6) is 5.75 Å². The van der Waals surface area contributed by atoms with Crippen molar-refractivity contribution in [3.05, 3.63) is 22.7 Å². The van der Waals surface area contributed by atoms with Crippen molar-refractivity contribution in [1.82, 2.24) is 0 Å². The van der Waals surface area contributed by atoms with Gasteiger partial charge in [-0.1, -0.05) is 13.8 Å². The van der Waals surface area contributed by atoms with Crippen LogP contribution in [0.2, 0.25) is 0 Å². The van der Waals surface area contributed by atoms with Gasteiger partial charge < -0.3 is 15.8 Å². The van der Waals surface area contributed by atoms with E-state index in [0.717, 1.165) is 4.47 Å². The number of amides is 1. The summed E-state index contributed by atoms with van der Waals surface area (Å²) < 4.78 is 5.91. The quantitative estimate of drug-likeness (QED) is 0.878. The molecule has 0 aliphatic rings. The SMILES string of the molecule is COc1ccc(Br)c(NC(=O)[C@@H](N)CC(C)C)c1. The summed E-state index contributed by atoms with van der Waals surface area (Å²) in [6.45, 7) is 4.07. The average Bonchev–Trinajstić information content (AvgIpc) is 2.31.